The highest BCUT2D eigenvalue weighted by molar-refractivity contribution is 6.76. The molecule has 240 valence electrons. The molecule has 2 aliphatic carbocycles. The Morgan fingerprint density at radius 3 is 2.20 bits per heavy atom. The van der Waals surface area contributed by atoms with Gasteiger partial charge < -0.3 is 9.30 Å². The zero-order valence-electron chi connectivity index (χ0n) is 26.5. The fourth-order valence-corrected chi connectivity index (χ4v) is 6.46. The van der Waals surface area contributed by atoms with Gasteiger partial charge in [-0.25, -0.2) is 29.6 Å². The molecule has 0 spiro atoms. The van der Waals surface area contributed by atoms with Crippen LogP contribution in [0.15, 0.2) is 43.0 Å². The van der Waals surface area contributed by atoms with Gasteiger partial charge in [-0.3, -0.25) is 0 Å². The molecule has 0 radical (unpaired) electrons. The number of hydrogen-bond acceptors (Lipinski definition) is 7. The Morgan fingerprint density at radius 2 is 1.61 bits per heavy atom. The quantitative estimate of drug-likeness (QED) is 0.109. The molecule has 4 aromatic heterocycles. The zero-order valence-corrected chi connectivity index (χ0v) is 27.5. The number of hydrogen-bond donors (Lipinski definition) is 0. The summed E-state index contributed by atoms with van der Waals surface area (Å²) in [5, 5.41) is 4.95. The zero-order chi connectivity index (χ0) is 32.2. The Bertz CT molecular complexity index is 1860. The van der Waals surface area contributed by atoms with Gasteiger partial charge in [0.25, 0.3) is 0 Å². The third-order valence-corrected chi connectivity index (χ3v) is 10.3. The summed E-state index contributed by atoms with van der Waals surface area (Å²) < 4.78 is 49.0. The summed E-state index contributed by atoms with van der Waals surface area (Å²) in [6.45, 7) is 7.91. The summed E-state index contributed by atoms with van der Waals surface area (Å²) in [7, 11) is 0.311. The molecule has 0 atom stereocenters. The summed E-state index contributed by atoms with van der Waals surface area (Å²) >= 11 is 0. The number of aromatic nitrogens is 8. The number of rotatable bonds is 11. The van der Waals surface area contributed by atoms with Crippen molar-refractivity contribution in [2.75, 3.05) is 6.61 Å². The van der Waals surface area contributed by atoms with Crippen LogP contribution in [-0.2, 0) is 31.1 Å². The van der Waals surface area contributed by atoms with Gasteiger partial charge in [0.2, 0.25) is 0 Å². The van der Waals surface area contributed by atoms with Gasteiger partial charge in [-0.1, -0.05) is 43.9 Å². The SMILES string of the molecule is Cn1cc(C(F)(F)F)nc1-c1ccc(Cc2nn(COCC[Si](C)(C)C)c3cnc(-c4c(C5CC5)ncnc4C4CC4)nc23)cc1. The van der Waals surface area contributed by atoms with E-state index in [1.54, 1.807) is 25.5 Å². The van der Waals surface area contributed by atoms with Crippen LogP contribution in [0.3, 0.4) is 0 Å². The molecular weight excluding hydrogens is 609 g/mol. The highest BCUT2D eigenvalue weighted by Crippen LogP contribution is 2.48. The predicted molar refractivity (Wildman–Crippen MR) is 171 cm³/mol. The molecule has 46 heavy (non-hydrogen) atoms. The number of alkyl halides is 3. The molecule has 2 fully saturated rings. The van der Waals surface area contributed by atoms with Gasteiger partial charge in [0.15, 0.2) is 11.5 Å². The maximum atomic E-state index is 13.2. The Balaban J connectivity index is 1.23. The van der Waals surface area contributed by atoms with Crippen molar-refractivity contribution >= 4 is 19.1 Å². The number of imidazole rings is 1. The Hall–Kier alpha value is -3.97. The van der Waals surface area contributed by atoms with Crippen LogP contribution < -0.4 is 0 Å². The molecule has 0 unspecified atom stereocenters. The van der Waals surface area contributed by atoms with Gasteiger partial charge in [-0.2, -0.15) is 18.3 Å². The van der Waals surface area contributed by atoms with Crippen LogP contribution in [0, 0.1) is 0 Å². The van der Waals surface area contributed by atoms with Crippen molar-refractivity contribution in [3.05, 3.63) is 71.3 Å². The van der Waals surface area contributed by atoms with Crippen molar-refractivity contribution in [1.29, 1.82) is 0 Å². The van der Waals surface area contributed by atoms with Crippen molar-refractivity contribution in [3.63, 3.8) is 0 Å². The van der Waals surface area contributed by atoms with Crippen LogP contribution in [0.4, 0.5) is 13.2 Å². The molecule has 0 amide bonds. The van der Waals surface area contributed by atoms with Crippen LogP contribution in [0.2, 0.25) is 25.7 Å². The number of aryl methyl sites for hydroxylation is 1. The monoisotopic (exact) mass is 646 g/mol. The maximum Gasteiger partial charge on any atom is 0.434 e. The molecule has 9 nitrogen and oxygen atoms in total. The van der Waals surface area contributed by atoms with Crippen LogP contribution >= 0.6 is 0 Å². The van der Waals surface area contributed by atoms with E-state index >= 15 is 0 Å². The van der Waals surface area contributed by atoms with Gasteiger partial charge in [0, 0.05) is 51.7 Å². The number of benzene rings is 1. The Kier molecular flexibility index (Phi) is 7.79. The summed E-state index contributed by atoms with van der Waals surface area (Å²) in [5.74, 6) is 1.72. The van der Waals surface area contributed by atoms with E-state index in [4.69, 9.17) is 19.8 Å². The molecule has 7 rings (SSSR count). The molecule has 2 aliphatic rings. The van der Waals surface area contributed by atoms with E-state index in [0.29, 0.717) is 43.0 Å². The highest BCUT2D eigenvalue weighted by atomic mass is 28.3. The summed E-state index contributed by atoms with van der Waals surface area (Å²) in [6, 6.07) is 8.44. The molecule has 0 bridgehead atoms. The fraction of sp³-hybridized carbons (Fsp3) is 0.455. The number of fused-ring (bicyclic) bond motifs is 1. The molecule has 5 aromatic rings. The lowest BCUT2D eigenvalue weighted by atomic mass is 10.0. The molecule has 13 heteroatoms. The van der Waals surface area contributed by atoms with E-state index in [9.17, 15) is 13.2 Å². The normalized spacial score (nSPS) is 15.6. The lowest BCUT2D eigenvalue weighted by Gasteiger charge is -2.15. The average Bonchev–Trinajstić information content (AvgIpc) is 3.95. The minimum atomic E-state index is -4.50. The third-order valence-electron chi connectivity index (χ3n) is 8.58. The van der Waals surface area contributed by atoms with Gasteiger partial charge in [0.1, 0.15) is 29.9 Å². The molecule has 0 saturated heterocycles. The van der Waals surface area contributed by atoms with Crippen molar-refractivity contribution in [3.8, 4) is 22.8 Å². The lowest BCUT2D eigenvalue weighted by Crippen LogP contribution is -2.22. The number of nitrogens with zero attached hydrogens (tertiary/aromatic N) is 8. The van der Waals surface area contributed by atoms with Crippen LogP contribution in [0.25, 0.3) is 33.8 Å². The predicted octanol–water partition coefficient (Wildman–Crippen LogP) is 7.36. The van der Waals surface area contributed by atoms with E-state index in [1.807, 2.05) is 23.0 Å². The van der Waals surface area contributed by atoms with Crippen LogP contribution in [0.1, 0.15) is 65.9 Å². The van der Waals surface area contributed by atoms with Gasteiger partial charge in [0.05, 0.1) is 28.8 Å². The fourth-order valence-electron chi connectivity index (χ4n) is 5.70. The first-order chi connectivity index (χ1) is 21.9. The van der Waals surface area contributed by atoms with E-state index in [1.165, 1.54) is 4.57 Å². The highest BCUT2D eigenvalue weighted by Gasteiger charge is 2.36. The second kappa shape index (κ2) is 11.7. The summed E-state index contributed by atoms with van der Waals surface area (Å²) in [4.78, 5) is 23.2. The van der Waals surface area contributed by atoms with Gasteiger partial charge in [-0.05, 0) is 37.3 Å². The van der Waals surface area contributed by atoms with Gasteiger partial charge >= 0.3 is 6.18 Å². The van der Waals surface area contributed by atoms with Crippen molar-refractivity contribution < 1.29 is 17.9 Å². The molecule has 0 N–H and O–H groups in total. The first kappa shape index (κ1) is 30.7. The molecule has 4 heterocycles. The average molecular weight is 647 g/mol. The lowest BCUT2D eigenvalue weighted by molar-refractivity contribution is -0.140. The number of halogens is 3. The minimum Gasteiger partial charge on any atom is -0.360 e. The van der Waals surface area contributed by atoms with E-state index < -0.39 is 19.9 Å². The largest absolute Gasteiger partial charge is 0.434 e. The summed E-state index contributed by atoms with van der Waals surface area (Å²) in [6.07, 6.45) is 4.94. The second-order valence-corrected chi connectivity index (χ2v) is 19.3. The van der Waals surface area contributed by atoms with E-state index in [-0.39, 0.29) is 5.82 Å². The second-order valence-electron chi connectivity index (χ2n) is 13.7. The van der Waals surface area contributed by atoms with Crippen LogP contribution in [0.5, 0.6) is 0 Å². The van der Waals surface area contributed by atoms with E-state index in [0.717, 1.165) is 77.2 Å². The number of ether oxygens (including phenoxy) is 1. The molecule has 0 aliphatic heterocycles. The van der Waals surface area contributed by atoms with Crippen LogP contribution in [-0.4, -0.2) is 53.9 Å². The first-order valence-electron chi connectivity index (χ1n) is 15.8. The molecule has 2 saturated carbocycles. The summed E-state index contributed by atoms with van der Waals surface area (Å²) in [5.41, 5.74) is 5.99. The standard InChI is InChI=1S/C33H37F3N8OSi/c1-43-17-26(33(34,35)36)40-32(43)23-7-5-20(6-8-23)15-24-30-25(44(42-24)19-45-13-14-46(2,3)4)16-37-31(41-30)27-28(21-9-10-21)38-18-39-29(27)22-11-12-22/h5-8,16-18,21-22H,9-15,19H2,1-4H3. The van der Waals surface area contributed by atoms with Crippen molar-refractivity contribution in [2.24, 2.45) is 7.05 Å². The Labute approximate surface area is 266 Å². The van der Waals surface area contributed by atoms with Crippen molar-refractivity contribution in [1.82, 2.24) is 39.3 Å². The molecular formula is C33H37F3N8OSi. The van der Waals surface area contributed by atoms with Crippen molar-refractivity contribution in [2.45, 2.75) is 82.5 Å². The topological polar surface area (TPSA) is 96.4 Å². The minimum absolute atomic E-state index is 0.254. The Morgan fingerprint density at radius 1 is 0.935 bits per heavy atom. The first-order valence-corrected chi connectivity index (χ1v) is 19.5. The van der Waals surface area contributed by atoms with Gasteiger partial charge in [-0.15, -0.1) is 0 Å². The molecule has 1 aromatic carbocycles. The maximum absolute atomic E-state index is 13.2. The smallest absolute Gasteiger partial charge is 0.360 e. The van der Waals surface area contributed by atoms with E-state index in [2.05, 4.69) is 34.6 Å². The third kappa shape index (κ3) is 6.48.